The van der Waals surface area contributed by atoms with Crippen LogP contribution in [0.25, 0.3) is 11.1 Å². The van der Waals surface area contributed by atoms with Crippen molar-refractivity contribution in [3.8, 4) is 11.1 Å². The van der Waals surface area contributed by atoms with Crippen molar-refractivity contribution in [1.29, 1.82) is 0 Å². The highest BCUT2D eigenvalue weighted by atomic mass is 14.7. The van der Waals surface area contributed by atoms with E-state index in [1.807, 2.05) is 66.1 Å². The summed E-state index contributed by atoms with van der Waals surface area (Å²) in [6.07, 6.45) is 3.75. The Hall–Kier alpha value is -1.70. The van der Waals surface area contributed by atoms with E-state index in [0.29, 0.717) is 0 Å². The van der Waals surface area contributed by atoms with Gasteiger partial charge in [0.05, 0.1) is 0 Å². The van der Waals surface area contributed by atoms with Crippen LogP contribution in [0.3, 0.4) is 0 Å². The highest BCUT2D eigenvalue weighted by molar-refractivity contribution is 5.61. The van der Waals surface area contributed by atoms with Crippen LogP contribution in [0.1, 0.15) is 39.1 Å². The first-order valence-corrected chi connectivity index (χ1v) is 6.61. The highest BCUT2D eigenvalue weighted by Gasteiger charge is 1.97. The lowest BCUT2D eigenvalue weighted by molar-refractivity contribution is 1.18. The van der Waals surface area contributed by atoms with Crippen LogP contribution in [0.5, 0.6) is 0 Å². The summed E-state index contributed by atoms with van der Waals surface area (Å²) in [5.74, 6) is 0. The van der Waals surface area contributed by atoms with E-state index < -0.39 is 0 Å². The van der Waals surface area contributed by atoms with Crippen LogP contribution in [0.15, 0.2) is 36.7 Å². The second-order valence-corrected chi connectivity index (χ2v) is 3.38. The van der Waals surface area contributed by atoms with Gasteiger partial charge in [-0.3, -0.25) is 9.97 Å². The summed E-state index contributed by atoms with van der Waals surface area (Å²) in [5.41, 5.74) is 4.30. The van der Waals surface area contributed by atoms with Crippen LogP contribution < -0.4 is 0 Å². The molecule has 0 aliphatic carbocycles. The standard InChI is InChI=1S/C12H12N2.2C2H6/c1-9-3-5-11(7-13-9)12-6-4-10(2)14-8-12;2*1-2/h3-8H,1-2H3;2*1-2H3. The third kappa shape index (κ3) is 5.09. The third-order valence-electron chi connectivity index (χ3n) is 2.16. The molecule has 0 unspecified atom stereocenters. The monoisotopic (exact) mass is 244 g/mol. The Labute approximate surface area is 111 Å². The summed E-state index contributed by atoms with van der Waals surface area (Å²) in [5, 5.41) is 0. The van der Waals surface area contributed by atoms with Crippen molar-refractivity contribution in [3.05, 3.63) is 48.0 Å². The van der Waals surface area contributed by atoms with Gasteiger partial charge < -0.3 is 0 Å². The zero-order valence-corrected chi connectivity index (χ0v) is 12.4. The predicted molar refractivity (Wildman–Crippen MR) is 79.6 cm³/mol. The van der Waals surface area contributed by atoms with Crippen molar-refractivity contribution in [3.63, 3.8) is 0 Å². The summed E-state index contributed by atoms with van der Waals surface area (Å²) in [4.78, 5) is 8.50. The van der Waals surface area contributed by atoms with Crippen LogP contribution in [0, 0.1) is 13.8 Å². The van der Waals surface area contributed by atoms with Crippen molar-refractivity contribution >= 4 is 0 Å². The Balaban J connectivity index is 0.000000659. The maximum Gasteiger partial charge on any atom is 0.0373 e. The fraction of sp³-hybridized carbons (Fsp3) is 0.375. The molecular formula is C16H24N2. The van der Waals surface area contributed by atoms with E-state index in [4.69, 9.17) is 0 Å². The van der Waals surface area contributed by atoms with Crippen molar-refractivity contribution in [2.24, 2.45) is 0 Å². The molecule has 2 nitrogen and oxygen atoms in total. The topological polar surface area (TPSA) is 25.8 Å². The Morgan fingerprint density at radius 1 is 0.611 bits per heavy atom. The predicted octanol–water partition coefficient (Wildman–Crippen LogP) is 4.81. The van der Waals surface area contributed by atoms with E-state index >= 15 is 0 Å². The molecule has 2 aromatic heterocycles. The number of aromatic nitrogens is 2. The molecular weight excluding hydrogens is 220 g/mol. The lowest BCUT2D eigenvalue weighted by Gasteiger charge is -2.01. The summed E-state index contributed by atoms with van der Waals surface area (Å²) in [6, 6.07) is 8.15. The van der Waals surface area contributed by atoms with Crippen molar-refractivity contribution < 1.29 is 0 Å². The van der Waals surface area contributed by atoms with Gasteiger partial charge in [-0.05, 0) is 26.0 Å². The lowest BCUT2D eigenvalue weighted by Crippen LogP contribution is -1.85. The molecule has 0 spiro atoms. The molecule has 0 aromatic carbocycles. The van der Waals surface area contributed by atoms with Gasteiger partial charge in [-0.15, -0.1) is 0 Å². The van der Waals surface area contributed by atoms with E-state index in [0.717, 1.165) is 22.5 Å². The molecule has 0 aliphatic heterocycles. The van der Waals surface area contributed by atoms with Crippen LogP contribution in [-0.2, 0) is 0 Å². The van der Waals surface area contributed by atoms with Crippen molar-refractivity contribution in [1.82, 2.24) is 9.97 Å². The summed E-state index contributed by atoms with van der Waals surface area (Å²) in [6.45, 7) is 12.0. The third-order valence-corrected chi connectivity index (χ3v) is 2.16. The van der Waals surface area contributed by atoms with Gasteiger partial charge in [0.15, 0.2) is 0 Å². The van der Waals surface area contributed by atoms with Crippen molar-refractivity contribution in [2.45, 2.75) is 41.5 Å². The van der Waals surface area contributed by atoms with Crippen LogP contribution in [-0.4, -0.2) is 9.97 Å². The summed E-state index contributed by atoms with van der Waals surface area (Å²) in [7, 11) is 0. The molecule has 0 fully saturated rings. The van der Waals surface area contributed by atoms with Crippen LogP contribution >= 0.6 is 0 Å². The number of hydrogen-bond donors (Lipinski definition) is 0. The minimum Gasteiger partial charge on any atom is -0.261 e. The lowest BCUT2D eigenvalue weighted by atomic mass is 10.1. The Morgan fingerprint density at radius 3 is 1.17 bits per heavy atom. The number of nitrogens with zero attached hydrogens (tertiary/aromatic N) is 2. The molecule has 2 heterocycles. The number of pyridine rings is 2. The van der Waals surface area contributed by atoms with Crippen molar-refractivity contribution in [2.75, 3.05) is 0 Å². The number of hydrogen-bond acceptors (Lipinski definition) is 2. The van der Waals surface area contributed by atoms with Gasteiger partial charge in [-0.25, -0.2) is 0 Å². The fourth-order valence-corrected chi connectivity index (χ4v) is 1.28. The Kier molecular flexibility index (Phi) is 8.46. The zero-order chi connectivity index (χ0) is 14.0. The molecule has 0 radical (unpaired) electrons. The Bertz CT molecular complexity index is 372. The van der Waals surface area contributed by atoms with Gasteiger partial charge in [-0.2, -0.15) is 0 Å². The van der Waals surface area contributed by atoms with E-state index in [9.17, 15) is 0 Å². The van der Waals surface area contributed by atoms with Gasteiger partial charge in [0.1, 0.15) is 0 Å². The molecule has 2 rings (SSSR count). The molecule has 0 N–H and O–H groups in total. The minimum absolute atomic E-state index is 1.04. The van der Waals surface area contributed by atoms with E-state index in [1.54, 1.807) is 0 Å². The molecule has 98 valence electrons. The van der Waals surface area contributed by atoms with Crippen LogP contribution in [0.2, 0.25) is 0 Å². The van der Waals surface area contributed by atoms with Gasteiger partial charge >= 0.3 is 0 Å². The first kappa shape index (κ1) is 16.3. The van der Waals surface area contributed by atoms with Crippen LogP contribution in [0.4, 0.5) is 0 Å². The first-order valence-electron chi connectivity index (χ1n) is 6.61. The minimum atomic E-state index is 1.04. The van der Waals surface area contributed by atoms with Gasteiger partial charge in [0.2, 0.25) is 0 Å². The molecule has 2 aromatic rings. The maximum absolute atomic E-state index is 4.25. The molecule has 0 atom stereocenters. The van der Waals surface area contributed by atoms with Gasteiger partial charge in [0, 0.05) is 34.9 Å². The van der Waals surface area contributed by atoms with Gasteiger partial charge in [0.25, 0.3) is 0 Å². The quantitative estimate of drug-likeness (QED) is 0.719. The molecule has 0 bridgehead atoms. The summed E-state index contributed by atoms with van der Waals surface area (Å²) < 4.78 is 0. The first-order chi connectivity index (χ1) is 8.75. The average Bonchev–Trinajstić information content (AvgIpc) is 2.45. The molecule has 0 aliphatic rings. The van der Waals surface area contributed by atoms with E-state index in [1.165, 1.54) is 0 Å². The normalized spacial score (nSPS) is 8.56. The van der Waals surface area contributed by atoms with Gasteiger partial charge in [-0.1, -0.05) is 39.8 Å². The summed E-state index contributed by atoms with van der Waals surface area (Å²) >= 11 is 0. The highest BCUT2D eigenvalue weighted by Crippen LogP contribution is 2.17. The molecule has 18 heavy (non-hydrogen) atoms. The second-order valence-electron chi connectivity index (χ2n) is 3.38. The smallest absolute Gasteiger partial charge is 0.0373 e. The molecule has 0 saturated carbocycles. The maximum atomic E-state index is 4.25. The second kappa shape index (κ2) is 9.34. The Morgan fingerprint density at radius 2 is 0.944 bits per heavy atom. The largest absolute Gasteiger partial charge is 0.261 e. The fourth-order valence-electron chi connectivity index (χ4n) is 1.28. The number of rotatable bonds is 1. The molecule has 0 amide bonds. The van der Waals surface area contributed by atoms with E-state index in [-0.39, 0.29) is 0 Å². The average molecular weight is 244 g/mol. The number of aryl methyl sites for hydroxylation is 2. The molecule has 2 heteroatoms. The zero-order valence-electron chi connectivity index (χ0n) is 12.4. The SMILES string of the molecule is CC.CC.Cc1ccc(-c2ccc(C)nc2)cn1. The molecule has 0 saturated heterocycles. The van der Waals surface area contributed by atoms with E-state index in [2.05, 4.69) is 22.1 Å².